The molecular weight excluding hydrogens is 312 g/mol. The largest absolute Gasteiger partial charge is 0.390 e. The Bertz CT molecular complexity index is 545. The van der Waals surface area contributed by atoms with Gasteiger partial charge >= 0.3 is 0 Å². The van der Waals surface area contributed by atoms with Crippen molar-refractivity contribution in [1.82, 2.24) is 10.6 Å². The van der Waals surface area contributed by atoms with E-state index in [1.807, 2.05) is 0 Å². The molecule has 5 heteroatoms. The third kappa shape index (κ3) is 3.44. The zero-order chi connectivity index (χ0) is 17.4. The van der Waals surface area contributed by atoms with Gasteiger partial charge < -0.3 is 10.4 Å². The topological polar surface area (TPSA) is 80.4 Å². The minimum absolute atomic E-state index is 0.234. The van der Waals surface area contributed by atoms with Crippen molar-refractivity contribution < 1.29 is 5.11 Å². The molecule has 0 spiro atoms. The Morgan fingerprint density at radius 1 is 1.24 bits per heavy atom. The predicted octanol–water partition coefficient (Wildman–Crippen LogP) is 2.56. The molecule has 5 fully saturated rings. The maximum Gasteiger partial charge on any atom is 0.182 e. The first kappa shape index (κ1) is 17.3. The highest BCUT2D eigenvalue weighted by atomic mass is 16.3. The molecule has 5 nitrogen and oxygen atoms in total. The number of rotatable bonds is 3. The van der Waals surface area contributed by atoms with E-state index in [9.17, 15) is 10.4 Å². The number of nitriles is 1. The van der Waals surface area contributed by atoms with Crippen molar-refractivity contribution in [3.8, 4) is 6.19 Å². The summed E-state index contributed by atoms with van der Waals surface area (Å²) >= 11 is 0. The number of amidine groups is 1. The number of nitrogens with zero attached hydrogens (tertiary/aromatic N) is 2. The van der Waals surface area contributed by atoms with E-state index in [1.54, 1.807) is 0 Å². The van der Waals surface area contributed by atoms with Gasteiger partial charge in [-0.15, -0.1) is 0 Å². The first-order valence-corrected chi connectivity index (χ1v) is 10.3. The highest BCUT2D eigenvalue weighted by molar-refractivity contribution is 5.86. The van der Waals surface area contributed by atoms with Crippen LogP contribution in [0.1, 0.15) is 64.7 Å². The summed E-state index contributed by atoms with van der Waals surface area (Å²) in [7, 11) is 0. The van der Waals surface area contributed by atoms with Crippen LogP contribution in [0.15, 0.2) is 4.99 Å². The predicted molar refractivity (Wildman–Crippen MR) is 97.9 cm³/mol. The van der Waals surface area contributed by atoms with Crippen LogP contribution in [0.2, 0.25) is 0 Å². The summed E-state index contributed by atoms with van der Waals surface area (Å²) in [5, 5.41) is 26.6. The van der Waals surface area contributed by atoms with E-state index in [4.69, 9.17) is 4.99 Å². The number of aliphatic hydroxyl groups is 1. The minimum atomic E-state index is -0.417. The molecule has 3 N–H and O–H groups in total. The van der Waals surface area contributed by atoms with Crippen LogP contribution in [0, 0.1) is 35.1 Å². The summed E-state index contributed by atoms with van der Waals surface area (Å²) in [4.78, 5) is 5.13. The van der Waals surface area contributed by atoms with E-state index < -0.39 is 5.60 Å². The quantitative estimate of drug-likeness (QED) is 0.318. The second-order valence-electron chi connectivity index (χ2n) is 9.13. The number of nitrogens with one attached hydrogen (secondary N) is 2. The lowest BCUT2D eigenvalue weighted by molar-refractivity contribution is -0.132. The molecular formula is C20H32N4O. The van der Waals surface area contributed by atoms with Gasteiger partial charge in [0.05, 0.1) is 11.6 Å². The molecule has 4 bridgehead atoms. The van der Waals surface area contributed by atoms with Crippen molar-refractivity contribution >= 4 is 5.84 Å². The van der Waals surface area contributed by atoms with Crippen LogP contribution in [0.25, 0.3) is 0 Å². The van der Waals surface area contributed by atoms with Gasteiger partial charge in [0.25, 0.3) is 0 Å². The maximum absolute atomic E-state index is 10.8. The lowest BCUT2D eigenvalue weighted by atomic mass is 9.52. The lowest BCUT2D eigenvalue weighted by Gasteiger charge is -2.57. The third-order valence-corrected chi connectivity index (χ3v) is 7.30. The van der Waals surface area contributed by atoms with Crippen molar-refractivity contribution in [2.45, 2.75) is 82.4 Å². The van der Waals surface area contributed by atoms with Crippen molar-refractivity contribution in [2.24, 2.45) is 28.7 Å². The molecule has 1 heterocycles. The molecule has 1 saturated heterocycles. The van der Waals surface area contributed by atoms with Crippen LogP contribution in [0.3, 0.4) is 0 Å². The fraction of sp³-hybridized carbons (Fsp3) is 0.900. The van der Waals surface area contributed by atoms with Gasteiger partial charge in [-0.25, -0.2) is 0 Å². The first-order chi connectivity index (χ1) is 12.1. The summed E-state index contributed by atoms with van der Waals surface area (Å²) in [6, 6.07) is 0.698. The fourth-order valence-corrected chi connectivity index (χ4v) is 6.32. The van der Waals surface area contributed by atoms with Gasteiger partial charge in [0.2, 0.25) is 0 Å². The molecule has 0 aromatic heterocycles. The highest BCUT2D eigenvalue weighted by Gasteiger charge is 2.54. The third-order valence-electron chi connectivity index (χ3n) is 7.30. The summed E-state index contributed by atoms with van der Waals surface area (Å²) in [6.45, 7) is 3.27. The van der Waals surface area contributed by atoms with Crippen LogP contribution in [-0.2, 0) is 0 Å². The molecule has 4 saturated carbocycles. The van der Waals surface area contributed by atoms with Gasteiger partial charge in [0.15, 0.2) is 6.19 Å². The zero-order valence-electron chi connectivity index (χ0n) is 15.4. The van der Waals surface area contributed by atoms with E-state index in [-0.39, 0.29) is 5.92 Å². The Labute approximate surface area is 151 Å². The monoisotopic (exact) mass is 344 g/mol. The van der Waals surface area contributed by atoms with Gasteiger partial charge in [-0.3, -0.25) is 10.3 Å². The molecule has 4 atom stereocenters. The highest BCUT2D eigenvalue weighted by Crippen LogP contribution is 2.56. The average molecular weight is 345 g/mol. The van der Waals surface area contributed by atoms with E-state index in [0.29, 0.717) is 29.8 Å². The molecule has 4 aliphatic carbocycles. The average Bonchev–Trinajstić information content (AvgIpc) is 2.84. The SMILES string of the molecule is CC(C(=NC1C2CC3CC1CC(O)(C3)C2)NC#N)C1CCCCCN1. The molecule has 25 heavy (non-hydrogen) atoms. The maximum atomic E-state index is 10.8. The van der Waals surface area contributed by atoms with Crippen molar-refractivity contribution in [1.29, 1.82) is 5.26 Å². The Morgan fingerprint density at radius 3 is 2.68 bits per heavy atom. The Kier molecular flexibility index (Phi) is 4.77. The second-order valence-corrected chi connectivity index (χ2v) is 9.13. The molecule has 4 unspecified atom stereocenters. The van der Waals surface area contributed by atoms with Gasteiger partial charge in [-0.1, -0.05) is 19.8 Å². The van der Waals surface area contributed by atoms with Gasteiger partial charge in [-0.05, 0) is 69.2 Å². The number of hydrogen-bond donors (Lipinski definition) is 3. The van der Waals surface area contributed by atoms with Crippen molar-refractivity contribution in [2.75, 3.05) is 6.54 Å². The van der Waals surface area contributed by atoms with Crippen molar-refractivity contribution in [3.05, 3.63) is 0 Å². The Hall–Kier alpha value is -1.12. The summed E-state index contributed by atoms with van der Waals surface area (Å²) < 4.78 is 0. The van der Waals surface area contributed by atoms with E-state index in [0.717, 1.165) is 38.1 Å². The molecule has 5 aliphatic rings. The van der Waals surface area contributed by atoms with E-state index in [2.05, 4.69) is 23.8 Å². The number of aliphatic imine (C=N–C) groups is 1. The molecule has 0 amide bonds. The van der Waals surface area contributed by atoms with Crippen LogP contribution in [0.5, 0.6) is 0 Å². The summed E-state index contributed by atoms with van der Waals surface area (Å²) in [6.07, 6.45) is 12.3. The fourth-order valence-electron chi connectivity index (χ4n) is 6.32. The lowest BCUT2D eigenvalue weighted by Crippen LogP contribution is -2.57. The Balaban J connectivity index is 1.53. The molecule has 1 aliphatic heterocycles. The number of hydrogen-bond acceptors (Lipinski definition) is 4. The van der Waals surface area contributed by atoms with Crippen LogP contribution in [-0.4, -0.2) is 35.2 Å². The standard InChI is InChI=1S/C20H32N4O/c1-13(17-5-3-2-4-6-22-17)19(23-12-21)24-18-15-7-14-8-16(18)11-20(25,9-14)10-15/h13-18,22,25H,2-11H2,1H3,(H,23,24). The van der Waals surface area contributed by atoms with Crippen molar-refractivity contribution in [3.63, 3.8) is 0 Å². The zero-order valence-corrected chi connectivity index (χ0v) is 15.4. The van der Waals surface area contributed by atoms with Crippen LogP contribution < -0.4 is 10.6 Å². The summed E-state index contributed by atoms with van der Waals surface area (Å²) in [5.74, 6) is 2.80. The minimum Gasteiger partial charge on any atom is -0.390 e. The second kappa shape index (κ2) is 6.89. The normalized spacial score (nSPS) is 44.8. The van der Waals surface area contributed by atoms with E-state index >= 15 is 0 Å². The van der Waals surface area contributed by atoms with Gasteiger partial charge in [0.1, 0.15) is 5.84 Å². The molecule has 0 radical (unpaired) electrons. The van der Waals surface area contributed by atoms with E-state index in [1.165, 1.54) is 32.1 Å². The van der Waals surface area contributed by atoms with Gasteiger partial charge in [-0.2, -0.15) is 5.26 Å². The molecule has 138 valence electrons. The van der Waals surface area contributed by atoms with Crippen LogP contribution in [0.4, 0.5) is 0 Å². The van der Waals surface area contributed by atoms with Crippen LogP contribution >= 0.6 is 0 Å². The smallest absolute Gasteiger partial charge is 0.182 e. The van der Waals surface area contributed by atoms with Gasteiger partial charge in [0, 0.05) is 12.0 Å². The molecule has 0 aromatic carbocycles. The summed E-state index contributed by atoms with van der Waals surface area (Å²) in [5.41, 5.74) is -0.417. The molecule has 0 aromatic rings. The first-order valence-electron chi connectivity index (χ1n) is 10.3. The Morgan fingerprint density at radius 2 is 2.00 bits per heavy atom. The molecule has 5 rings (SSSR count).